The largest absolute Gasteiger partial charge is 0.487 e. The number of anilines is 1. The molecule has 2 aliphatic rings. The highest BCUT2D eigenvalue weighted by atomic mass is 32.2. The zero-order valence-electron chi connectivity index (χ0n) is 18.3. The number of aryl methyl sites for hydroxylation is 1. The van der Waals surface area contributed by atoms with Gasteiger partial charge in [-0.05, 0) is 74.0 Å². The highest BCUT2D eigenvalue weighted by molar-refractivity contribution is 8.27. The summed E-state index contributed by atoms with van der Waals surface area (Å²) < 4.78 is 5.80. The lowest BCUT2D eigenvalue weighted by molar-refractivity contribution is -0.114. The fraction of sp³-hybridized carbons (Fsp3) is 0.250. The van der Waals surface area contributed by atoms with Crippen LogP contribution in [-0.2, 0) is 4.79 Å². The monoisotopic (exact) mass is 447 g/mol. The Kier molecular flexibility index (Phi) is 6.41. The van der Waals surface area contributed by atoms with Crippen molar-refractivity contribution in [2.24, 2.45) is 10.1 Å². The van der Waals surface area contributed by atoms with Crippen LogP contribution in [0.25, 0.3) is 6.08 Å². The Morgan fingerprint density at radius 2 is 1.91 bits per heavy atom. The van der Waals surface area contributed by atoms with Crippen molar-refractivity contribution in [2.75, 3.05) is 24.6 Å². The first-order valence-electron chi connectivity index (χ1n) is 10.5. The van der Waals surface area contributed by atoms with E-state index in [1.165, 1.54) is 16.8 Å². The van der Waals surface area contributed by atoms with Crippen molar-refractivity contribution in [3.05, 3.63) is 65.2 Å². The standard InChI is InChI=1S/C24H25N5O2S/c1-4-28(5-2)18-11-9-17(10-12-18)14-20-22(25)29-24(26-23(20)30)32-21(27-29)15-31-19-8-6-7-16(3)13-19/h6-14,25H,4-5,15H2,1-3H3/b20-14+,25-22?. The van der Waals surface area contributed by atoms with Crippen LogP contribution >= 0.6 is 11.8 Å². The molecular weight excluding hydrogens is 422 g/mol. The minimum absolute atomic E-state index is 0.0193. The second kappa shape index (κ2) is 9.40. The van der Waals surface area contributed by atoms with Gasteiger partial charge in [0.1, 0.15) is 17.4 Å². The molecule has 0 aromatic heterocycles. The molecule has 0 spiro atoms. The van der Waals surface area contributed by atoms with Crippen LogP contribution in [0.15, 0.2) is 64.2 Å². The van der Waals surface area contributed by atoms with Gasteiger partial charge in [0.15, 0.2) is 5.84 Å². The number of carbonyl (C=O) groups is 1. The van der Waals surface area contributed by atoms with E-state index in [1.54, 1.807) is 6.08 Å². The van der Waals surface area contributed by atoms with Gasteiger partial charge in [-0.15, -0.1) is 0 Å². The zero-order chi connectivity index (χ0) is 22.7. The molecule has 0 bridgehead atoms. The molecule has 0 fully saturated rings. The highest BCUT2D eigenvalue weighted by Crippen LogP contribution is 2.29. The quantitative estimate of drug-likeness (QED) is 0.630. The van der Waals surface area contributed by atoms with Crippen LogP contribution in [0.4, 0.5) is 5.69 Å². The number of nitrogens with one attached hydrogen (secondary N) is 1. The summed E-state index contributed by atoms with van der Waals surface area (Å²) in [6, 6.07) is 15.7. The number of ether oxygens (including phenoxy) is 1. The molecule has 0 unspecified atom stereocenters. The Hall–Kier alpha value is -3.39. The van der Waals surface area contributed by atoms with E-state index in [0.717, 1.165) is 35.7 Å². The fourth-order valence-electron chi connectivity index (χ4n) is 3.48. The molecule has 32 heavy (non-hydrogen) atoms. The van der Waals surface area contributed by atoms with Gasteiger partial charge in [-0.25, -0.2) is 0 Å². The maximum absolute atomic E-state index is 12.6. The maximum atomic E-state index is 12.6. The topological polar surface area (TPSA) is 81.3 Å². The molecule has 1 N–H and O–H groups in total. The minimum Gasteiger partial charge on any atom is -0.487 e. The summed E-state index contributed by atoms with van der Waals surface area (Å²) in [5, 5.41) is 15.4. The van der Waals surface area contributed by atoms with E-state index in [4.69, 9.17) is 10.1 Å². The van der Waals surface area contributed by atoms with Crippen LogP contribution in [0.2, 0.25) is 0 Å². The first kappa shape index (κ1) is 21.8. The lowest BCUT2D eigenvalue weighted by Gasteiger charge is -2.21. The number of hydrogen-bond donors (Lipinski definition) is 1. The van der Waals surface area contributed by atoms with Crippen molar-refractivity contribution in [3.63, 3.8) is 0 Å². The average Bonchev–Trinajstić information content (AvgIpc) is 3.20. The number of aliphatic imine (C=N–C) groups is 1. The third kappa shape index (κ3) is 4.60. The smallest absolute Gasteiger partial charge is 0.283 e. The summed E-state index contributed by atoms with van der Waals surface area (Å²) in [6.07, 6.45) is 1.69. The molecule has 2 aliphatic heterocycles. The molecule has 0 aliphatic carbocycles. The highest BCUT2D eigenvalue weighted by Gasteiger charge is 2.35. The fourth-order valence-corrected chi connectivity index (χ4v) is 4.28. The van der Waals surface area contributed by atoms with Gasteiger partial charge in [0.05, 0.1) is 5.57 Å². The van der Waals surface area contributed by atoms with Crippen molar-refractivity contribution < 1.29 is 9.53 Å². The average molecular weight is 448 g/mol. The Labute approximate surface area is 192 Å². The molecule has 164 valence electrons. The van der Waals surface area contributed by atoms with Crippen LogP contribution in [0, 0.1) is 12.3 Å². The summed E-state index contributed by atoms with van der Waals surface area (Å²) in [5.41, 5.74) is 3.29. The van der Waals surface area contributed by atoms with Gasteiger partial charge in [-0.2, -0.15) is 15.1 Å². The van der Waals surface area contributed by atoms with Crippen LogP contribution in [0.5, 0.6) is 5.75 Å². The normalized spacial score (nSPS) is 16.7. The lowest BCUT2D eigenvalue weighted by Crippen LogP contribution is -2.35. The minimum atomic E-state index is -0.433. The summed E-state index contributed by atoms with van der Waals surface area (Å²) in [4.78, 5) is 19.0. The number of carbonyl (C=O) groups excluding carboxylic acids is 1. The summed E-state index contributed by atoms with van der Waals surface area (Å²) in [6.45, 7) is 8.34. The molecule has 0 saturated carbocycles. The van der Waals surface area contributed by atoms with Gasteiger partial charge in [-0.3, -0.25) is 10.2 Å². The first-order valence-corrected chi connectivity index (χ1v) is 11.3. The molecule has 2 heterocycles. The third-order valence-electron chi connectivity index (χ3n) is 5.18. The zero-order valence-corrected chi connectivity index (χ0v) is 19.1. The predicted molar refractivity (Wildman–Crippen MR) is 132 cm³/mol. The van der Waals surface area contributed by atoms with E-state index in [0.29, 0.717) is 10.2 Å². The van der Waals surface area contributed by atoms with Gasteiger partial charge >= 0.3 is 0 Å². The lowest BCUT2D eigenvalue weighted by atomic mass is 10.1. The van der Waals surface area contributed by atoms with E-state index in [9.17, 15) is 4.79 Å². The number of amides is 1. The van der Waals surface area contributed by atoms with E-state index < -0.39 is 5.91 Å². The van der Waals surface area contributed by atoms with Gasteiger partial charge in [-0.1, -0.05) is 24.3 Å². The molecule has 0 radical (unpaired) electrons. The molecule has 8 heteroatoms. The first-order chi connectivity index (χ1) is 15.5. The molecule has 1 amide bonds. The maximum Gasteiger partial charge on any atom is 0.283 e. The molecule has 0 saturated heterocycles. The Morgan fingerprint density at radius 3 is 2.59 bits per heavy atom. The van der Waals surface area contributed by atoms with Crippen molar-refractivity contribution in [2.45, 2.75) is 20.8 Å². The van der Waals surface area contributed by atoms with Gasteiger partial charge in [0, 0.05) is 18.8 Å². The third-order valence-corrected chi connectivity index (χ3v) is 6.06. The Balaban J connectivity index is 1.49. The number of benzene rings is 2. The van der Waals surface area contributed by atoms with Gasteiger partial charge in [0.2, 0.25) is 5.17 Å². The van der Waals surface area contributed by atoms with Crippen LogP contribution in [0.1, 0.15) is 25.0 Å². The number of hydrazone groups is 1. The summed E-state index contributed by atoms with van der Waals surface area (Å²) >= 11 is 1.25. The van der Waals surface area contributed by atoms with Crippen LogP contribution < -0.4 is 9.64 Å². The van der Waals surface area contributed by atoms with Crippen LogP contribution in [0.3, 0.4) is 0 Å². The van der Waals surface area contributed by atoms with Gasteiger partial charge in [0.25, 0.3) is 5.91 Å². The van der Waals surface area contributed by atoms with E-state index in [1.807, 2.05) is 55.5 Å². The number of amidine groups is 2. The van der Waals surface area contributed by atoms with E-state index >= 15 is 0 Å². The van der Waals surface area contributed by atoms with Crippen molar-refractivity contribution >= 4 is 45.5 Å². The van der Waals surface area contributed by atoms with Crippen molar-refractivity contribution in [3.8, 4) is 5.75 Å². The SMILES string of the molecule is CCN(CC)c1ccc(/C=C2\C(=N)N3N=C(COc4cccc(C)c4)SC3=NC2=O)cc1. The number of thioether (sulfide) groups is 1. The second-order valence-electron chi connectivity index (χ2n) is 7.38. The van der Waals surface area contributed by atoms with Crippen molar-refractivity contribution in [1.29, 1.82) is 5.41 Å². The van der Waals surface area contributed by atoms with Gasteiger partial charge < -0.3 is 9.64 Å². The molecule has 2 aromatic carbocycles. The second-order valence-corrected chi connectivity index (χ2v) is 8.42. The number of fused-ring (bicyclic) bond motifs is 1. The number of hydrogen-bond acceptors (Lipinski definition) is 6. The molecule has 0 atom stereocenters. The Bertz CT molecular complexity index is 1130. The van der Waals surface area contributed by atoms with E-state index in [-0.39, 0.29) is 18.0 Å². The number of nitrogens with zero attached hydrogens (tertiary/aromatic N) is 4. The van der Waals surface area contributed by atoms with Crippen LogP contribution in [-0.4, -0.2) is 46.7 Å². The molecular formula is C24H25N5O2S. The summed E-state index contributed by atoms with van der Waals surface area (Å²) in [5.74, 6) is 0.337. The molecule has 7 nitrogen and oxygen atoms in total. The molecule has 4 rings (SSSR count). The predicted octanol–water partition coefficient (Wildman–Crippen LogP) is 4.54. The summed E-state index contributed by atoms with van der Waals surface area (Å²) in [7, 11) is 0. The Morgan fingerprint density at radius 1 is 1.16 bits per heavy atom. The number of rotatable bonds is 7. The van der Waals surface area contributed by atoms with E-state index in [2.05, 4.69) is 28.8 Å². The van der Waals surface area contributed by atoms with Crippen molar-refractivity contribution in [1.82, 2.24) is 5.01 Å². The molecule has 2 aromatic rings.